The number of benzene rings is 1. The number of morpholine rings is 1. The van der Waals surface area contributed by atoms with Crippen molar-refractivity contribution < 1.29 is 9.84 Å². The second-order valence-corrected chi connectivity index (χ2v) is 5.21. The van der Waals surface area contributed by atoms with Crippen LogP contribution in [0.4, 0.5) is 0 Å². The maximum absolute atomic E-state index is 10.7. The van der Waals surface area contributed by atoms with E-state index < -0.39 is 6.10 Å². The largest absolute Gasteiger partial charge is 0.387 e. The van der Waals surface area contributed by atoms with Gasteiger partial charge in [0.25, 0.3) is 0 Å². The highest BCUT2D eigenvalue weighted by Gasteiger charge is 2.27. The van der Waals surface area contributed by atoms with E-state index in [0.717, 1.165) is 44.7 Å². The SMILES string of the molecule is CCCC[C@H]([C@@H](O)c1ccccc1)N1CCOCC1. The fraction of sp³-hybridized carbons (Fsp3) is 0.625. The van der Waals surface area contributed by atoms with Crippen LogP contribution in [-0.4, -0.2) is 42.4 Å². The number of ether oxygens (including phenoxy) is 1. The standard InChI is InChI=1S/C16H25NO2/c1-2-3-9-15(17-10-12-19-13-11-17)16(18)14-7-5-4-6-8-14/h4-8,15-16,18H,2-3,9-13H2,1H3/t15-,16+/m1/s1. The van der Waals surface area contributed by atoms with E-state index in [9.17, 15) is 5.11 Å². The Morgan fingerprint density at radius 3 is 2.53 bits per heavy atom. The van der Waals surface area contributed by atoms with E-state index in [1.54, 1.807) is 0 Å². The lowest BCUT2D eigenvalue weighted by Crippen LogP contribution is -2.46. The quantitative estimate of drug-likeness (QED) is 0.856. The first kappa shape index (κ1) is 14.5. The highest BCUT2D eigenvalue weighted by molar-refractivity contribution is 5.19. The normalized spacial score (nSPS) is 20.1. The van der Waals surface area contributed by atoms with Gasteiger partial charge in [-0.15, -0.1) is 0 Å². The van der Waals surface area contributed by atoms with Gasteiger partial charge in [0.15, 0.2) is 0 Å². The molecule has 19 heavy (non-hydrogen) atoms. The molecule has 0 aliphatic carbocycles. The summed E-state index contributed by atoms with van der Waals surface area (Å²) >= 11 is 0. The first-order valence-corrected chi connectivity index (χ1v) is 7.37. The molecule has 1 aliphatic rings. The van der Waals surface area contributed by atoms with Crippen LogP contribution >= 0.6 is 0 Å². The molecule has 0 bridgehead atoms. The Bertz CT molecular complexity index is 349. The Morgan fingerprint density at radius 1 is 1.21 bits per heavy atom. The Kier molecular flexibility index (Phi) is 5.83. The fourth-order valence-corrected chi connectivity index (χ4v) is 2.73. The molecule has 0 saturated carbocycles. The summed E-state index contributed by atoms with van der Waals surface area (Å²) in [5.74, 6) is 0. The van der Waals surface area contributed by atoms with Crippen molar-refractivity contribution in [3.05, 3.63) is 35.9 Å². The van der Waals surface area contributed by atoms with Crippen molar-refractivity contribution in [2.75, 3.05) is 26.3 Å². The first-order valence-electron chi connectivity index (χ1n) is 7.37. The van der Waals surface area contributed by atoms with Crippen LogP contribution in [0.25, 0.3) is 0 Å². The lowest BCUT2D eigenvalue weighted by Gasteiger charge is -2.37. The van der Waals surface area contributed by atoms with Crippen molar-refractivity contribution in [3.8, 4) is 0 Å². The van der Waals surface area contributed by atoms with Gasteiger partial charge in [0.2, 0.25) is 0 Å². The van der Waals surface area contributed by atoms with Crippen molar-refractivity contribution in [2.24, 2.45) is 0 Å². The summed E-state index contributed by atoms with van der Waals surface area (Å²) in [5, 5.41) is 10.7. The molecule has 1 heterocycles. The molecule has 1 saturated heterocycles. The minimum Gasteiger partial charge on any atom is -0.387 e. The number of hydrogen-bond donors (Lipinski definition) is 1. The smallest absolute Gasteiger partial charge is 0.0945 e. The molecular formula is C16H25NO2. The Labute approximate surface area is 116 Å². The van der Waals surface area contributed by atoms with Crippen molar-refractivity contribution in [1.82, 2.24) is 4.90 Å². The minimum absolute atomic E-state index is 0.214. The molecule has 1 aromatic carbocycles. The van der Waals surface area contributed by atoms with Gasteiger partial charge in [0, 0.05) is 19.1 Å². The van der Waals surface area contributed by atoms with Crippen LogP contribution in [0.2, 0.25) is 0 Å². The summed E-state index contributed by atoms with van der Waals surface area (Å²) in [6, 6.07) is 10.2. The molecule has 0 unspecified atom stereocenters. The molecule has 3 nitrogen and oxygen atoms in total. The van der Waals surface area contributed by atoms with E-state index in [4.69, 9.17) is 4.74 Å². The van der Waals surface area contributed by atoms with Crippen molar-refractivity contribution in [3.63, 3.8) is 0 Å². The number of aliphatic hydroxyl groups is 1. The summed E-state index contributed by atoms with van der Waals surface area (Å²) in [7, 11) is 0. The molecule has 0 amide bonds. The Morgan fingerprint density at radius 2 is 1.89 bits per heavy atom. The molecule has 0 spiro atoms. The number of aliphatic hydroxyl groups excluding tert-OH is 1. The monoisotopic (exact) mass is 263 g/mol. The summed E-state index contributed by atoms with van der Waals surface area (Å²) in [6.07, 6.45) is 2.98. The van der Waals surface area contributed by atoms with Gasteiger partial charge in [-0.25, -0.2) is 0 Å². The zero-order valence-electron chi connectivity index (χ0n) is 11.8. The van der Waals surface area contributed by atoms with Crippen LogP contribution in [0.1, 0.15) is 37.9 Å². The second kappa shape index (κ2) is 7.63. The minimum atomic E-state index is -0.397. The average Bonchev–Trinajstić information content (AvgIpc) is 2.49. The van der Waals surface area contributed by atoms with Crippen LogP contribution in [0, 0.1) is 0 Å². The lowest BCUT2D eigenvalue weighted by molar-refractivity contribution is -0.0258. The highest BCUT2D eigenvalue weighted by atomic mass is 16.5. The van der Waals surface area contributed by atoms with E-state index in [1.165, 1.54) is 6.42 Å². The van der Waals surface area contributed by atoms with E-state index in [0.29, 0.717) is 0 Å². The third-order valence-corrected chi connectivity index (χ3v) is 3.87. The van der Waals surface area contributed by atoms with Gasteiger partial charge in [0.05, 0.1) is 19.3 Å². The lowest BCUT2D eigenvalue weighted by atomic mass is 9.96. The maximum atomic E-state index is 10.7. The molecule has 1 fully saturated rings. The summed E-state index contributed by atoms with van der Waals surface area (Å²) in [5.41, 5.74) is 1.02. The molecular weight excluding hydrogens is 238 g/mol. The molecule has 1 N–H and O–H groups in total. The Hall–Kier alpha value is -0.900. The van der Waals surface area contributed by atoms with Crippen LogP contribution < -0.4 is 0 Å². The van der Waals surface area contributed by atoms with Crippen molar-refractivity contribution in [1.29, 1.82) is 0 Å². The third kappa shape index (κ3) is 4.03. The number of rotatable bonds is 6. The highest BCUT2D eigenvalue weighted by Crippen LogP contribution is 2.25. The molecule has 1 aromatic rings. The van der Waals surface area contributed by atoms with E-state index in [2.05, 4.69) is 11.8 Å². The predicted molar refractivity (Wildman–Crippen MR) is 77.1 cm³/mol. The summed E-state index contributed by atoms with van der Waals surface area (Å²) in [4.78, 5) is 2.39. The second-order valence-electron chi connectivity index (χ2n) is 5.21. The number of unbranched alkanes of at least 4 members (excludes halogenated alkanes) is 1. The van der Waals surface area contributed by atoms with Crippen LogP contribution in [0.15, 0.2) is 30.3 Å². The molecule has 106 valence electrons. The van der Waals surface area contributed by atoms with Gasteiger partial charge in [-0.2, -0.15) is 0 Å². The van der Waals surface area contributed by atoms with E-state index in [-0.39, 0.29) is 6.04 Å². The zero-order chi connectivity index (χ0) is 13.5. The number of nitrogens with zero attached hydrogens (tertiary/aromatic N) is 1. The van der Waals surface area contributed by atoms with Crippen molar-refractivity contribution >= 4 is 0 Å². The first-order chi connectivity index (χ1) is 9.33. The number of hydrogen-bond acceptors (Lipinski definition) is 3. The summed E-state index contributed by atoms with van der Waals surface area (Å²) < 4.78 is 5.42. The van der Waals surface area contributed by atoms with Gasteiger partial charge >= 0.3 is 0 Å². The molecule has 0 radical (unpaired) electrons. The maximum Gasteiger partial charge on any atom is 0.0945 e. The molecule has 2 rings (SSSR count). The third-order valence-electron chi connectivity index (χ3n) is 3.87. The molecule has 2 atom stereocenters. The van der Waals surface area contributed by atoms with E-state index in [1.807, 2.05) is 30.3 Å². The van der Waals surface area contributed by atoms with Crippen LogP contribution in [0.3, 0.4) is 0 Å². The van der Waals surface area contributed by atoms with Gasteiger partial charge in [-0.1, -0.05) is 50.1 Å². The molecule has 0 aromatic heterocycles. The van der Waals surface area contributed by atoms with Crippen LogP contribution in [0.5, 0.6) is 0 Å². The zero-order valence-corrected chi connectivity index (χ0v) is 11.8. The molecule has 1 aliphatic heterocycles. The van der Waals surface area contributed by atoms with Crippen molar-refractivity contribution in [2.45, 2.75) is 38.3 Å². The Balaban J connectivity index is 2.07. The average molecular weight is 263 g/mol. The topological polar surface area (TPSA) is 32.7 Å². The summed E-state index contributed by atoms with van der Waals surface area (Å²) in [6.45, 7) is 5.62. The van der Waals surface area contributed by atoms with Crippen LogP contribution in [-0.2, 0) is 4.74 Å². The van der Waals surface area contributed by atoms with Gasteiger partial charge in [-0.05, 0) is 12.0 Å². The van der Waals surface area contributed by atoms with Gasteiger partial charge in [0.1, 0.15) is 0 Å². The van der Waals surface area contributed by atoms with E-state index >= 15 is 0 Å². The molecule has 3 heteroatoms. The predicted octanol–water partition coefficient (Wildman–Crippen LogP) is 2.61. The van der Waals surface area contributed by atoms with Gasteiger partial charge < -0.3 is 9.84 Å². The fourth-order valence-electron chi connectivity index (χ4n) is 2.73. The van der Waals surface area contributed by atoms with Gasteiger partial charge in [-0.3, -0.25) is 4.90 Å².